The first-order valence-electron chi connectivity index (χ1n) is 5.26. The number of rotatable bonds is 5. The van der Waals surface area contributed by atoms with E-state index >= 15 is 0 Å². The summed E-state index contributed by atoms with van der Waals surface area (Å²) in [5, 5.41) is 0.732. The molecule has 0 heterocycles. The van der Waals surface area contributed by atoms with E-state index in [1.165, 1.54) is 5.56 Å². The van der Waals surface area contributed by atoms with Crippen molar-refractivity contribution in [1.29, 1.82) is 0 Å². The summed E-state index contributed by atoms with van der Waals surface area (Å²) < 4.78 is 5.04. The molecule has 0 aromatic heterocycles. The van der Waals surface area contributed by atoms with Gasteiger partial charge in [0.15, 0.2) is 0 Å². The maximum absolute atomic E-state index is 6.08. The van der Waals surface area contributed by atoms with Crippen molar-refractivity contribution in [2.24, 2.45) is 0 Å². The van der Waals surface area contributed by atoms with E-state index < -0.39 is 0 Å². The molecule has 0 spiro atoms. The van der Waals surface area contributed by atoms with Crippen molar-refractivity contribution >= 4 is 17.3 Å². The Morgan fingerprint density at radius 3 is 2.75 bits per heavy atom. The summed E-state index contributed by atoms with van der Waals surface area (Å²) in [6.45, 7) is 4.47. The Morgan fingerprint density at radius 2 is 2.12 bits per heavy atom. The standard InChI is InChI=1S/C12H19ClN2O/c1-9-10(6-11(14)7-12(9)13)8-15(2)4-5-16-3/h6-7H,4-5,8,14H2,1-3H3. The van der Waals surface area contributed by atoms with Crippen LogP contribution >= 0.6 is 11.6 Å². The molecule has 0 aliphatic heterocycles. The average molecular weight is 243 g/mol. The number of nitrogens with zero attached hydrogens (tertiary/aromatic N) is 1. The van der Waals surface area contributed by atoms with Gasteiger partial charge in [-0.05, 0) is 37.2 Å². The van der Waals surface area contributed by atoms with Gasteiger partial charge in [0, 0.05) is 30.9 Å². The lowest BCUT2D eigenvalue weighted by Crippen LogP contribution is -2.22. The van der Waals surface area contributed by atoms with E-state index in [1.807, 2.05) is 13.0 Å². The Hall–Kier alpha value is -0.770. The third-order valence-corrected chi connectivity index (χ3v) is 2.98. The smallest absolute Gasteiger partial charge is 0.0589 e. The largest absolute Gasteiger partial charge is 0.399 e. The van der Waals surface area contributed by atoms with E-state index in [9.17, 15) is 0 Å². The molecule has 4 heteroatoms. The van der Waals surface area contributed by atoms with Gasteiger partial charge in [-0.2, -0.15) is 0 Å². The predicted molar refractivity (Wildman–Crippen MR) is 68.8 cm³/mol. The maximum atomic E-state index is 6.08. The highest BCUT2D eigenvalue weighted by molar-refractivity contribution is 6.31. The fourth-order valence-electron chi connectivity index (χ4n) is 1.54. The molecule has 0 fully saturated rings. The lowest BCUT2D eigenvalue weighted by molar-refractivity contribution is 0.158. The summed E-state index contributed by atoms with van der Waals surface area (Å²) in [4.78, 5) is 2.18. The third kappa shape index (κ3) is 3.67. The van der Waals surface area contributed by atoms with Gasteiger partial charge in [0.2, 0.25) is 0 Å². The quantitative estimate of drug-likeness (QED) is 0.806. The van der Waals surface area contributed by atoms with E-state index in [-0.39, 0.29) is 0 Å². The van der Waals surface area contributed by atoms with E-state index in [0.29, 0.717) is 5.69 Å². The first-order valence-corrected chi connectivity index (χ1v) is 5.64. The van der Waals surface area contributed by atoms with Gasteiger partial charge in [-0.15, -0.1) is 0 Å². The van der Waals surface area contributed by atoms with Crippen molar-refractivity contribution in [1.82, 2.24) is 4.90 Å². The lowest BCUT2D eigenvalue weighted by Gasteiger charge is -2.18. The Labute approximate surface area is 102 Å². The second-order valence-electron chi connectivity index (χ2n) is 4.02. The molecule has 0 amide bonds. The van der Waals surface area contributed by atoms with Crippen LogP contribution in [0.3, 0.4) is 0 Å². The fourth-order valence-corrected chi connectivity index (χ4v) is 1.79. The van der Waals surface area contributed by atoms with E-state index in [4.69, 9.17) is 22.1 Å². The maximum Gasteiger partial charge on any atom is 0.0589 e. The molecule has 16 heavy (non-hydrogen) atoms. The molecule has 1 rings (SSSR count). The Kier molecular flexibility index (Phi) is 5.06. The number of ether oxygens (including phenoxy) is 1. The van der Waals surface area contributed by atoms with Crippen molar-refractivity contribution in [2.45, 2.75) is 13.5 Å². The summed E-state index contributed by atoms with van der Waals surface area (Å²) in [5.41, 5.74) is 8.76. The van der Waals surface area contributed by atoms with Gasteiger partial charge in [-0.1, -0.05) is 11.6 Å². The molecular formula is C12H19ClN2O. The topological polar surface area (TPSA) is 38.5 Å². The third-order valence-electron chi connectivity index (χ3n) is 2.59. The van der Waals surface area contributed by atoms with Crippen LogP contribution in [-0.2, 0) is 11.3 Å². The van der Waals surface area contributed by atoms with Gasteiger partial charge in [-0.3, -0.25) is 4.90 Å². The molecule has 0 saturated carbocycles. The van der Waals surface area contributed by atoms with Crippen molar-refractivity contribution in [3.63, 3.8) is 0 Å². The van der Waals surface area contributed by atoms with Crippen LogP contribution in [0.2, 0.25) is 5.02 Å². The van der Waals surface area contributed by atoms with Crippen LogP contribution in [-0.4, -0.2) is 32.2 Å². The number of nitrogens with two attached hydrogens (primary N) is 1. The molecule has 0 radical (unpaired) electrons. The minimum absolute atomic E-state index is 0.714. The molecule has 0 aliphatic rings. The molecule has 0 unspecified atom stereocenters. The number of benzene rings is 1. The number of halogens is 1. The molecule has 0 aliphatic carbocycles. The highest BCUT2D eigenvalue weighted by atomic mass is 35.5. The molecule has 1 aromatic rings. The Balaban J connectivity index is 2.72. The SMILES string of the molecule is COCCN(C)Cc1cc(N)cc(Cl)c1C. The van der Waals surface area contributed by atoms with Gasteiger partial charge in [0.25, 0.3) is 0 Å². The van der Waals surface area contributed by atoms with Crippen LogP contribution < -0.4 is 5.73 Å². The number of hydrogen-bond donors (Lipinski definition) is 1. The average Bonchev–Trinajstić information content (AvgIpc) is 2.22. The lowest BCUT2D eigenvalue weighted by atomic mass is 10.1. The van der Waals surface area contributed by atoms with Crippen molar-refractivity contribution in [3.05, 3.63) is 28.3 Å². The van der Waals surface area contributed by atoms with Gasteiger partial charge < -0.3 is 10.5 Å². The minimum Gasteiger partial charge on any atom is -0.399 e. The molecule has 90 valence electrons. The van der Waals surface area contributed by atoms with Crippen molar-refractivity contribution in [2.75, 3.05) is 33.0 Å². The van der Waals surface area contributed by atoms with Gasteiger partial charge in [0.05, 0.1) is 6.61 Å². The molecule has 2 N–H and O–H groups in total. The van der Waals surface area contributed by atoms with Gasteiger partial charge >= 0.3 is 0 Å². The zero-order valence-corrected chi connectivity index (χ0v) is 10.8. The summed E-state index contributed by atoms with van der Waals surface area (Å²) >= 11 is 6.08. The Morgan fingerprint density at radius 1 is 1.44 bits per heavy atom. The van der Waals surface area contributed by atoms with Crippen LogP contribution in [0.1, 0.15) is 11.1 Å². The molecular weight excluding hydrogens is 224 g/mol. The first kappa shape index (κ1) is 13.3. The monoisotopic (exact) mass is 242 g/mol. The van der Waals surface area contributed by atoms with Crippen LogP contribution in [0.25, 0.3) is 0 Å². The van der Waals surface area contributed by atoms with Crippen LogP contribution in [0.5, 0.6) is 0 Å². The minimum atomic E-state index is 0.714. The van der Waals surface area contributed by atoms with Crippen LogP contribution in [0.4, 0.5) is 5.69 Å². The molecule has 0 bridgehead atoms. The molecule has 0 saturated heterocycles. The number of anilines is 1. The van der Waals surface area contributed by atoms with E-state index in [0.717, 1.165) is 30.3 Å². The van der Waals surface area contributed by atoms with E-state index in [2.05, 4.69) is 11.9 Å². The van der Waals surface area contributed by atoms with Crippen LogP contribution in [0.15, 0.2) is 12.1 Å². The first-order chi connectivity index (χ1) is 7.54. The fraction of sp³-hybridized carbons (Fsp3) is 0.500. The predicted octanol–water partition coefficient (Wildman–Crippen LogP) is 2.31. The number of likely N-dealkylation sites (N-methyl/N-ethyl adjacent to an activating group) is 1. The van der Waals surface area contributed by atoms with Gasteiger partial charge in [0.1, 0.15) is 0 Å². The van der Waals surface area contributed by atoms with E-state index in [1.54, 1.807) is 13.2 Å². The van der Waals surface area contributed by atoms with Gasteiger partial charge in [-0.25, -0.2) is 0 Å². The number of hydrogen-bond acceptors (Lipinski definition) is 3. The summed E-state index contributed by atoms with van der Waals surface area (Å²) in [7, 11) is 3.76. The Bertz CT molecular complexity index is 355. The highest BCUT2D eigenvalue weighted by Gasteiger charge is 2.07. The number of methoxy groups -OCH3 is 1. The molecule has 0 atom stereocenters. The van der Waals surface area contributed by atoms with Crippen molar-refractivity contribution < 1.29 is 4.74 Å². The molecule has 3 nitrogen and oxygen atoms in total. The molecule has 1 aromatic carbocycles. The summed E-state index contributed by atoms with van der Waals surface area (Å²) in [6, 6.07) is 3.76. The summed E-state index contributed by atoms with van der Waals surface area (Å²) in [5.74, 6) is 0. The highest BCUT2D eigenvalue weighted by Crippen LogP contribution is 2.23. The normalized spacial score (nSPS) is 11.1. The van der Waals surface area contributed by atoms with Crippen LogP contribution in [0, 0.1) is 6.92 Å². The zero-order chi connectivity index (χ0) is 12.1. The second kappa shape index (κ2) is 6.09. The number of nitrogen functional groups attached to an aromatic ring is 1. The second-order valence-corrected chi connectivity index (χ2v) is 4.42. The van der Waals surface area contributed by atoms with Crippen molar-refractivity contribution in [3.8, 4) is 0 Å². The summed E-state index contributed by atoms with van der Waals surface area (Å²) in [6.07, 6.45) is 0. The zero-order valence-electron chi connectivity index (χ0n) is 10.1.